The number of rotatable bonds is 2. The summed E-state index contributed by atoms with van der Waals surface area (Å²) in [6.07, 6.45) is 3.45. The van der Waals surface area contributed by atoms with Crippen LogP contribution in [0.4, 0.5) is 17.1 Å². The Balaban J connectivity index is 1.78. The first-order valence-electron chi connectivity index (χ1n) is 7.86. The fraction of sp³-hybridized carbons (Fsp3) is 0.278. The highest BCUT2D eigenvalue weighted by atomic mass is 16.3. The minimum absolute atomic E-state index is 0.294. The highest BCUT2D eigenvalue weighted by Crippen LogP contribution is 2.39. The number of aromatic nitrogens is 1. The molecule has 6 heteroatoms. The second-order valence-electron chi connectivity index (χ2n) is 6.33. The minimum atomic E-state index is -1.55. The Morgan fingerprint density at radius 3 is 2.67 bits per heavy atom. The second-order valence-corrected chi connectivity index (χ2v) is 6.33. The lowest BCUT2D eigenvalue weighted by Gasteiger charge is -2.29. The van der Waals surface area contributed by atoms with Crippen molar-refractivity contribution >= 4 is 28.7 Å². The quantitative estimate of drug-likeness (QED) is 0.916. The van der Waals surface area contributed by atoms with Crippen LogP contribution < -0.4 is 9.80 Å². The lowest BCUT2D eigenvalue weighted by atomic mass is 9.88. The van der Waals surface area contributed by atoms with Gasteiger partial charge in [0.2, 0.25) is 5.78 Å². The third-order valence-corrected chi connectivity index (χ3v) is 4.65. The summed E-state index contributed by atoms with van der Waals surface area (Å²) in [5.41, 5.74) is 1.40. The fourth-order valence-electron chi connectivity index (χ4n) is 3.27. The van der Waals surface area contributed by atoms with Crippen LogP contribution in [0.2, 0.25) is 0 Å². The van der Waals surface area contributed by atoms with E-state index in [4.69, 9.17) is 0 Å². The Labute approximate surface area is 140 Å². The average molecular weight is 322 g/mol. The summed E-state index contributed by atoms with van der Waals surface area (Å²) in [5, 5.41) is 11.0. The minimum Gasteiger partial charge on any atom is -0.378 e. The Hall–Kier alpha value is -2.73. The van der Waals surface area contributed by atoms with Crippen LogP contribution in [0.5, 0.6) is 0 Å². The van der Waals surface area contributed by atoms with E-state index >= 15 is 0 Å². The first-order valence-corrected chi connectivity index (χ1v) is 7.86. The molecule has 1 aromatic carbocycles. The highest BCUT2D eigenvalue weighted by Gasteiger charge is 2.52. The van der Waals surface area contributed by atoms with Crippen molar-refractivity contribution in [3.8, 4) is 0 Å². The summed E-state index contributed by atoms with van der Waals surface area (Å²) >= 11 is 0. The van der Waals surface area contributed by atoms with E-state index in [9.17, 15) is 9.90 Å². The maximum atomic E-state index is 12.7. The summed E-state index contributed by atoms with van der Waals surface area (Å²) in [7, 11) is 3.97. The van der Waals surface area contributed by atoms with Gasteiger partial charge < -0.3 is 14.9 Å². The fourth-order valence-corrected chi connectivity index (χ4v) is 3.27. The molecule has 4 rings (SSSR count). The lowest BCUT2D eigenvalue weighted by Crippen LogP contribution is -2.48. The molecule has 2 aromatic rings. The van der Waals surface area contributed by atoms with Crippen LogP contribution >= 0.6 is 0 Å². The van der Waals surface area contributed by atoms with Gasteiger partial charge in [0, 0.05) is 44.6 Å². The number of hydrogen-bond acceptors (Lipinski definition) is 6. The normalized spacial score (nSPS) is 22.0. The summed E-state index contributed by atoms with van der Waals surface area (Å²) < 4.78 is 0. The number of Topliss-reactive ketones (excluding diaryl/α,β-unsaturated/α-hetero) is 1. The lowest BCUT2D eigenvalue weighted by molar-refractivity contribution is 0.0602. The molecule has 0 spiro atoms. The van der Waals surface area contributed by atoms with E-state index < -0.39 is 5.60 Å². The number of benzene rings is 1. The van der Waals surface area contributed by atoms with Crippen LogP contribution in [-0.4, -0.2) is 48.0 Å². The van der Waals surface area contributed by atoms with E-state index in [1.54, 1.807) is 18.5 Å². The number of pyridine rings is 1. The molecule has 1 saturated heterocycles. The summed E-state index contributed by atoms with van der Waals surface area (Å²) in [4.78, 5) is 25.3. The van der Waals surface area contributed by atoms with Crippen molar-refractivity contribution in [1.29, 1.82) is 0 Å². The Morgan fingerprint density at radius 2 is 1.96 bits per heavy atom. The van der Waals surface area contributed by atoms with Crippen LogP contribution in [0, 0.1) is 0 Å². The van der Waals surface area contributed by atoms with Crippen LogP contribution in [0.3, 0.4) is 0 Å². The number of amidine groups is 1. The SMILES string of the molecule is CN(C)c1ccc(N2CCC3(O)C(=O)c4ccncc4N=C23)cc1. The average Bonchev–Trinajstić information content (AvgIpc) is 2.93. The number of carbonyl (C=O) groups is 1. The number of aliphatic imine (C=N–C) groups is 1. The van der Waals surface area contributed by atoms with Gasteiger partial charge >= 0.3 is 0 Å². The molecular formula is C18H18N4O2. The van der Waals surface area contributed by atoms with E-state index in [0.717, 1.165) is 11.4 Å². The standard InChI is InChI=1S/C18H18N4O2/c1-21(2)12-3-5-13(6-4-12)22-10-8-18(24)16(23)14-7-9-19-11-15(14)20-17(18)22/h3-7,9,11,24H,8,10H2,1-2H3. The Bertz CT molecular complexity index is 844. The zero-order valence-corrected chi connectivity index (χ0v) is 13.6. The van der Waals surface area contributed by atoms with Gasteiger partial charge in [-0.3, -0.25) is 9.78 Å². The first kappa shape index (κ1) is 14.8. The molecule has 0 saturated carbocycles. The van der Waals surface area contributed by atoms with Crippen molar-refractivity contribution in [2.45, 2.75) is 12.0 Å². The largest absolute Gasteiger partial charge is 0.378 e. The van der Waals surface area contributed by atoms with E-state index in [0.29, 0.717) is 30.1 Å². The number of ketones is 1. The third-order valence-electron chi connectivity index (χ3n) is 4.65. The van der Waals surface area contributed by atoms with Gasteiger partial charge in [0.05, 0.1) is 17.4 Å². The molecule has 2 aliphatic heterocycles. The molecule has 122 valence electrons. The van der Waals surface area contributed by atoms with Crippen molar-refractivity contribution in [3.05, 3.63) is 48.3 Å². The molecule has 1 atom stereocenters. The molecule has 1 fully saturated rings. The van der Waals surface area contributed by atoms with Gasteiger partial charge in [-0.1, -0.05) is 0 Å². The van der Waals surface area contributed by atoms with Crippen LogP contribution in [0.25, 0.3) is 0 Å². The Morgan fingerprint density at radius 1 is 1.21 bits per heavy atom. The number of aliphatic hydroxyl groups is 1. The molecular weight excluding hydrogens is 304 g/mol. The zero-order valence-electron chi connectivity index (χ0n) is 13.6. The van der Waals surface area contributed by atoms with Gasteiger partial charge in [-0.15, -0.1) is 0 Å². The van der Waals surface area contributed by atoms with Gasteiger partial charge in [-0.2, -0.15) is 0 Å². The van der Waals surface area contributed by atoms with Crippen LogP contribution in [-0.2, 0) is 0 Å². The number of nitrogens with zero attached hydrogens (tertiary/aromatic N) is 4. The van der Waals surface area contributed by atoms with Crippen molar-refractivity contribution in [2.24, 2.45) is 4.99 Å². The third kappa shape index (κ3) is 2.03. The maximum absolute atomic E-state index is 12.7. The second kappa shape index (κ2) is 5.14. The van der Waals surface area contributed by atoms with E-state index in [1.165, 1.54) is 0 Å². The van der Waals surface area contributed by atoms with Crippen molar-refractivity contribution < 1.29 is 9.90 Å². The van der Waals surface area contributed by atoms with E-state index in [2.05, 4.69) is 9.98 Å². The van der Waals surface area contributed by atoms with Crippen LogP contribution in [0.1, 0.15) is 16.8 Å². The van der Waals surface area contributed by atoms with Gasteiger partial charge in [-0.05, 0) is 30.3 Å². The smallest absolute Gasteiger partial charge is 0.204 e. The zero-order chi connectivity index (χ0) is 16.9. The maximum Gasteiger partial charge on any atom is 0.204 e. The molecule has 1 N–H and O–H groups in total. The van der Waals surface area contributed by atoms with Gasteiger partial charge in [0.15, 0.2) is 5.60 Å². The highest BCUT2D eigenvalue weighted by molar-refractivity contribution is 6.28. The Kier molecular flexibility index (Phi) is 3.18. The number of fused-ring (bicyclic) bond motifs is 2. The van der Waals surface area contributed by atoms with Gasteiger partial charge in [-0.25, -0.2) is 4.99 Å². The van der Waals surface area contributed by atoms with Gasteiger partial charge in [0.25, 0.3) is 0 Å². The van der Waals surface area contributed by atoms with Crippen molar-refractivity contribution in [2.75, 3.05) is 30.4 Å². The topological polar surface area (TPSA) is 69.0 Å². The first-order chi connectivity index (χ1) is 11.5. The molecule has 1 unspecified atom stereocenters. The monoisotopic (exact) mass is 322 g/mol. The van der Waals surface area contributed by atoms with Crippen LogP contribution in [0.15, 0.2) is 47.7 Å². The number of carbonyl (C=O) groups excluding carboxylic acids is 1. The van der Waals surface area contributed by atoms with Crippen molar-refractivity contribution in [3.63, 3.8) is 0 Å². The molecule has 0 amide bonds. The number of anilines is 2. The molecule has 1 aromatic heterocycles. The molecule has 2 aliphatic rings. The van der Waals surface area contributed by atoms with E-state index in [-0.39, 0.29) is 5.78 Å². The molecule has 0 radical (unpaired) electrons. The number of hydrogen-bond donors (Lipinski definition) is 1. The van der Waals surface area contributed by atoms with E-state index in [1.807, 2.05) is 48.2 Å². The molecule has 24 heavy (non-hydrogen) atoms. The molecule has 6 nitrogen and oxygen atoms in total. The summed E-state index contributed by atoms with van der Waals surface area (Å²) in [6.45, 7) is 0.545. The molecule has 0 aliphatic carbocycles. The predicted octanol–water partition coefficient (Wildman–Crippen LogP) is 2.02. The summed E-state index contributed by atoms with van der Waals surface area (Å²) in [5.74, 6) is 0.0999. The van der Waals surface area contributed by atoms with Gasteiger partial charge in [0.1, 0.15) is 5.84 Å². The summed E-state index contributed by atoms with van der Waals surface area (Å²) in [6, 6.07) is 9.59. The molecule has 3 heterocycles. The predicted molar refractivity (Wildman–Crippen MR) is 93.3 cm³/mol. The van der Waals surface area contributed by atoms with Crippen molar-refractivity contribution in [1.82, 2.24) is 4.98 Å². The molecule has 0 bridgehead atoms.